The van der Waals surface area contributed by atoms with Gasteiger partial charge in [-0.05, 0) is 69.5 Å². The number of rotatable bonds is 3. The summed E-state index contributed by atoms with van der Waals surface area (Å²) in [5.41, 5.74) is 6.00. The van der Waals surface area contributed by atoms with E-state index in [9.17, 15) is 5.11 Å². The lowest BCUT2D eigenvalue weighted by molar-refractivity contribution is 0.138. The Bertz CT molecular complexity index is 359. The molecule has 0 heterocycles. The summed E-state index contributed by atoms with van der Waals surface area (Å²) in [5, 5.41) is 13.4. The van der Waals surface area contributed by atoms with Gasteiger partial charge < -0.3 is 10.4 Å². The summed E-state index contributed by atoms with van der Waals surface area (Å²) in [5.74, 6) is 0. The zero-order valence-corrected chi connectivity index (χ0v) is 11.2. The Balaban J connectivity index is 3.31. The zero-order chi connectivity index (χ0) is 12.5. The maximum Gasteiger partial charge on any atom is 0.0945 e. The van der Waals surface area contributed by atoms with Crippen LogP contribution in [0.2, 0.25) is 0 Å². The van der Waals surface area contributed by atoms with Crippen molar-refractivity contribution in [2.45, 2.75) is 46.8 Å². The Morgan fingerprint density at radius 3 is 1.88 bits per heavy atom. The minimum absolute atomic E-state index is 0.0681. The SMILES string of the molecule is CNC(C)C(O)c1c(C)c(C)cc(C)c1C. The van der Waals surface area contributed by atoms with Gasteiger partial charge in [-0.2, -0.15) is 0 Å². The Kier molecular flexibility index (Phi) is 4.11. The van der Waals surface area contributed by atoms with Crippen LogP contribution in [0.3, 0.4) is 0 Å². The predicted octanol–water partition coefficient (Wildman–Crippen LogP) is 2.56. The molecule has 0 aliphatic carbocycles. The van der Waals surface area contributed by atoms with Gasteiger partial charge in [0.25, 0.3) is 0 Å². The van der Waals surface area contributed by atoms with Crippen LogP contribution in [0.1, 0.15) is 40.8 Å². The maximum absolute atomic E-state index is 10.3. The van der Waals surface area contributed by atoms with Crippen molar-refractivity contribution < 1.29 is 5.11 Å². The topological polar surface area (TPSA) is 32.3 Å². The van der Waals surface area contributed by atoms with E-state index >= 15 is 0 Å². The van der Waals surface area contributed by atoms with Gasteiger partial charge in [-0.15, -0.1) is 0 Å². The van der Waals surface area contributed by atoms with Gasteiger partial charge in [0.2, 0.25) is 0 Å². The fraction of sp³-hybridized carbons (Fsp3) is 0.571. The molecule has 0 saturated carbocycles. The molecular formula is C14H23NO. The van der Waals surface area contributed by atoms with E-state index < -0.39 is 6.10 Å². The van der Waals surface area contributed by atoms with Gasteiger partial charge in [-0.1, -0.05) is 6.07 Å². The highest BCUT2D eigenvalue weighted by atomic mass is 16.3. The summed E-state index contributed by atoms with van der Waals surface area (Å²) in [4.78, 5) is 0. The van der Waals surface area contributed by atoms with Gasteiger partial charge in [0.15, 0.2) is 0 Å². The van der Waals surface area contributed by atoms with Gasteiger partial charge in [0.05, 0.1) is 6.10 Å². The average molecular weight is 221 g/mol. The molecule has 0 spiro atoms. The number of aryl methyl sites for hydroxylation is 2. The van der Waals surface area contributed by atoms with E-state index in [4.69, 9.17) is 0 Å². The van der Waals surface area contributed by atoms with Crippen LogP contribution in [0.15, 0.2) is 6.07 Å². The molecule has 90 valence electrons. The molecule has 1 aromatic carbocycles. The van der Waals surface area contributed by atoms with Crippen LogP contribution < -0.4 is 5.32 Å². The lowest BCUT2D eigenvalue weighted by Crippen LogP contribution is -2.30. The van der Waals surface area contributed by atoms with Crippen molar-refractivity contribution >= 4 is 0 Å². The Morgan fingerprint density at radius 1 is 1.06 bits per heavy atom. The Hall–Kier alpha value is -0.860. The number of nitrogens with one attached hydrogen (secondary N) is 1. The van der Waals surface area contributed by atoms with E-state index in [-0.39, 0.29) is 6.04 Å². The predicted molar refractivity (Wildman–Crippen MR) is 68.9 cm³/mol. The van der Waals surface area contributed by atoms with Crippen LogP contribution in [0.5, 0.6) is 0 Å². The minimum Gasteiger partial charge on any atom is -0.387 e. The van der Waals surface area contributed by atoms with Crippen LogP contribution in [0.4, 0.5) is 0 Å². The summed E-state index contributed by atoms with van der Waals surface area (Å²) in [7, 11) is 1.88. The van der Waals surface area contributed by atoms with Gasteiger partial charge in [0, 0.05) is 6.04 Å². The second kappa shape index (κ2) is 4.98. The second-order valence-electron chi connectivity index (χ2n) is 4.70. The van der Waals surface area contributed by atoms with E-state index in [1.165, 1.54) is 22.3 Å². The van der Waals surface area contributed by atoms with Crippen LogP contribution in [-0.2, 0) is 0 Å². The first kappa shape index (κ1) is 13.2. The smallest absolute Gasteiger partial charge is 0.0945 e. The number of likely N-dealkylation sites (N-methyl/N-ethyl adjacent to an activating group) is 1. The highest BCUT2D eigenvalue weighted by Gasteiger charge is 2.20. The molecule has 2 heteroatoms. The van der Waals surface area contributed by atoms with E-state index in [2.05, 4.69) is 39.1 Å². The van der Waals surface area contributed by atoms with Crippen molar-refractivity contribution in [2.75, 3.05) is 7.05 Å². The molecule has 16 heavy (non-hydrogen) atoms. The largest absolute Gasteiger partial charge is 0.387 e. The number of aliphatic hydroxyl groups is 1. The summed E-state index contributed by atoms with van der Waals surface area (Å²) >= 11 is 0. The average Bonchev–Trinajstić information content (AvgIpc) is 2.25. The fourth-order valence-corrected chi connectivity index (χ4v) is 2.10. The van der Waals surface area contributed by atoms with Crippen molar-refractivity contribution in [3.05, 3.63) is 33.9 Å². The van der Waals surface area contributed by atoms with E-state index in [0.717, 1.165) is 5.56 Å². The summed E-state index contributed by atoms with van der Waals surface area (Å²) in [6.07, 6.45) is -0.441. The summed E-state index contributed by atoms with van der Waals surface area (Å²) in [6, 6.07) is 2.25. The highest BCUT2D eigenvalue weighted by Crippen LogP contribution is 2.28. The minimum atomic E-state index is -0.441. The summed E-state index contributed by atoms with van der Waals surface area (Å²) in [6.45, 7) is 10.4. The van der Waals surface area contributed by atoms with Crippen LogP contribution in [0.25, 0.3) is 0 Å². The Morgan fingerprint density at radius 2 is 1.50 bits per heavy atom. The van der Waals surface area contributed by atoms with E-state index in [1.54, 1.807) is 0 Å². The lowest BCUT2D eigenvalue weighted by Gasteiger charge is -2.24. The normalized spacial score (nSPS) is 14.9. The number of benzene rings is 1. The van der Waals surface area contributed by atoms with Gasteiger partial charge in [-0.3, -0.25) is 0 Å². The second-order valence-corrected chi connectivity index (χ2v) is 4.70. The third kappa shape index (κ3) is 2.28. The molecule has 2 unspecified atom stereocenters. The van der Waals surface area contributed by atoms with Crippen LogP contribution in [-0.4, -0.2) is 18.2 Å². The fourth-order valence-electron chi connectivity index (χ4n) is 2.10. The molecule has 0 amide bonds. The molecule has 2 nitrogen and oxygen atoms in total. The van der Waals surface area contributed by atoms with Gasteiger partial charge >= 0.3 is 0 Å². The van der Waals surface area contributed by atoms with E-state index in [1.807, 2.05) is 14.0 Å². The molecule has 2 N–H and O–H groups in total. The van der Waals surface area contributed by atoms with Crippen molar-refractivity contribution in [1.29, 1.82) is 0 Å². The van der Waals surface area contributed by atoms with Crippen LogP contribution in [0, 0.1) is 27.7 Å². The molecule has 1 rings (SSSR count). The molecule has 0 aromatic heterocycles. The number of hydrogen-bond acceptors (Lipinski definition) is 2. The first-order valence-electron chi connectivity index (χ1n) is 5.82. The van der Waals surface area contributed by atoms with Crippen molar-refractivity contribution in [3.8, 4) is 0 Å². The molecule has 0 radical (unpaired) electrons. The van der Waals surface area contributed by atoms with Gasteiger partial charge in [-0.25, -0.2) is 0 Å². The molecule has 0 bridgehead atoms. The molecule has 0 saturated heterocycles. The lowest BCUT2D eigenvalue weighted by atomic mass is 9.89. The number of hydrogen-bond donors (Lipinski definition) is 2. The van der Waals surface area contributed by atoms with Crippen molar-refractivity contribution in [1.82, 2.24) is 5.32 Å². The van der Waals surface area contributed by atoms with Crippen LogP contribution >= 0.6 is 0 Å². The molecule has 0 fully saturated rings. The first-order valence-corrected chi connectivity index (χ1v) is 5.82. The standard InChI is InChI=1S/C14H23NO/c1-8-7-9(2)11(4)13(10(8)3)14(16)12(5)15-6/h7,12,14-16H,1-6H3. The zero-order valence-electron chi connectivity index (χ0n) is 11.2. The highest BCUT2D eigenvalue weighted by molar-refractivity contribution is 5.45. The van der Waals surface area contributed by atoms with Gasteiger partial charge in [0.1, 0.15) is 0 Å². The Labute approximate surface area is 98.7 Å². The summed E-state index contributed by atoms with van der Waals surface area (Å²) < 4.78 is 0. The monoisotopic (exact) mass is 221 g/mol. The molecule has 2 atom stereocenters. The third-order valence-corrected chi connectivity index (χ3v) is 3.65. The number of aliphatic hydroxyl groups excluding tert-OH is 1. The molecule has 0 aliphatic heterocycles. The van der Waals surface area contributed by atoms with E-state index in [0.29, 0.717) is 0 Å². The third-order valence-electron chi connectivity index (χ3n) is 3.65. The molecular weight excluding hydrogens is 198 g/mol. The first-order chi connectivity index (χ1) is 7.40. The molecule has 1 aromatic rings. The van der Waals surface area contributed by atoms with Crippen molar-refractivity contribution in [2.24, 2.45) is 0 Å². The quantitative estimate of drug-likeness (QED) is 0.822. The maximum atomic E-state index is 10.3. The molecule has 0 aliphatic rings. The van der Waals surface area contributed by atoms with Crippen molar-refractivity contribution in [3.63, 3.8) is 0 Å².